The maximum atomic E-state index is 12.3. The lowest BCUT2D eigenvalue weighted by atomic mass is 10.0. The van der Waals surface area contributed by atoms with Crippen LogP contribution in [-0.4, -0.2) is 20.5 Å². The van der Waals surface area contributed by atoms with E-state index < -0.39 is 11.2 Å². The fourth-order valence-electron chi connectivity index (χ4n) is 2.72. The number of aliphatic imine (C=N–C) groups is 1. The van der Waals surface area contributed by atoms with Gasteiger partial charge < -0.3 is 5.11 Å². The molecule has 118 valence electrons. The molecule has 2 aromatic rings. The van der Waals surface area contributed by atoms with Crippen molar-refractivity contribution in [2.45, 2.75) is 13.3 Å². The number of hydrogen-bond acceptors (Lipinski definition) is 4. The highest BCUT2D eigenvalue weighted by Crippen LogP contribution is 2.36. The molecular formula is C17H17N3O3. The molecule has 6 nitrogen and oxygen atoms in total. The van der Waals surface area contributed by atoms with E-state index in [4.69, 9.17) is 0 Å². The minimum Gasteiger partial charge on any atom is -0.494 e. The molecule has 1 aromatic heterocycles. The number of aryl methyl sites for hydroxylation is 1. The van der Waals surface area contributed by atoms with E-state index in [-0.39, 0.29) is 11.4 Å². The van der Waals surface area contributed by atoms with Gasteiger partial charge in [0, 0.05) is 31.4 Å². The first-order valence-corrected chi connectivity index (χ1v) is 7.32. The molecule has 2 heterocycles. The third-order valence-electron chi connectivity index (χ3n) is 4.11. The Morgan fingerprint density at radius 3 is 2.65 bits per heavy atom. The maximum absolute atomic E-state index is 12.3. The van der Waals surface area contributed by atoms with E-state index in [9.17, 15) is 14.7 Å². The fourth-order valence-corrected chi connectivity index (χ4v) is 2.72. The molecule has 0 saturated heterocycles. The van der Waals surface area contributed by atoms with E-state index in [0.717, 1.165) is 37.9 Å². The van der Waals surface area contributed by atoms with Crippen LogP contribution in [0.1, 0.15) is 23.6 Å². The molecule has 6 heteroatoms. The van der Waals surface area contributed by atoms with E-state index in [0.29, 0.717) is 0 Å². The van der Waals surface area contributed by atoms with Gasteiger partial charge in [-0.25, -0.2) is 4.79 Å². The van der Waals surface area contributed by atoms with Crippen molar-refractivity contribution in [3.8, 4) is 5.88 Å². The number of allylic oxidation sites excluding steroid dienone is 1. The van der Waals surface area contributed by atoms with Crippen molar-refractivity contribution < 1.29 is 5.11 Å². The average Bonchev–Trinajstić information content (AvgIpc) is 2.98. The van der Waals surface area contributed by atoms with Gasteiger partial charge in [0.2, 0.25) is 5.88 Å². The van der Waals surface area contributed by atoms with Crippen molar-refractivity contribution >= 4 is 23.6 Å². The molecular weight excluding hydrogens is 294 g/mol. The van der Waals surface area contributed by atoms with Gasteiger partial charge in [-0.05, 0) is 18.1 Å². The Kier molecular flexibility index (Phi) is 3.52. The molecule has 0 radical (unpaired) electrons. The Hall–Kier alpha value is -2.89. The lowest BCUT2D eigenvalue weighted by Crippen LogP contribution is -2.37. The minimum absolute atomic E-state index is 0.0748. The van der Waals surface area contributed by atoms with E-state index in [2.05, 4.69) is 11.9 Å². The van der Waals surface area contributed by atoms with Gasteiger partial charge in [-0.2, -0.15) is 0 Å². The summed E-state index contributed by atoms with van der Waals surface area (Å²) >= 11 is 0. The van der Waals surface area contributed by atoms with Crippen LogP contribution in [0.2, 0.25) is 0 Å². The monoisotopic (exact) mass is 311 g/mol. The van der Waals surface area contributed by atoms with Crippen molar-refractivity contribution in [3.05, 3.63) is 55.7 Å². The first kappa shape index (κ1) is 15.0. The van der Waals surface area contributed by atoms with Gasteiger partial charge in [0.25, 0.3) is 5.56 Å². The Bertz CT molecular complexity index is 978. The van der Waals surface area contributed by atoms with Gasteiger partial charge >= 0.3 is 5.69 Å². The Morgan fingerprint density at radius 2 is 1.96 bits per heavy atom. The summed E-state index contributed by atoms with van der Waals surface area (Å²) < 4.78 is 2.02. The first-order chi connectivity index (χ1) is 11.0. The maximum Gasteiger partial charge on any atom is 0.333 e. The quantitative estimate of drug-likeness (QED) is 0.915. The highest BCUT2D eigenvalue weighted by molar-refractivity contribution is 6.21. The first-order valence-electron chi connectivity index (χ1n) is 7.32. The predicted molar refractivity (Wildman–Crippen MR) is 90.4 cm³/mol. The predicted octanol–water partition coefficient (Wildman–Crippen LogP) is 1.61. The number of nitrogens with zero attached hydrogens (tertiary/aromatic N) is 3. The largest absolute Gasteiger partial charge is 0.494 e. The Labute approximate surface area is 132 Å². The zero-order valence-electron chi connectivity index (χ0n) is 13.2. The molecule has 23 heavy (non-hydrogen) atoms. The summed E-state index contributed by atoms with van der Waals surface area (Å²) in [4.78, 5) is 28.5. The summed E-state index contributed by atoms with van der Waals surface area (Å²) in [6, 6.07) is 5.89. The number of para-hydroxylation sites is 1. The third-order valence-corrected chi connectivity index (χ3v) is 4.11. The molecule has 0 atom stereocenters. The van der Waals surface area contributed by atoms with Gasteiger partial charge in [0.1, 0.15) is 5.56 Å². The summed E-state index contributed by atoms with van der Waals surface area (Å²) in [5.41, 5.74) is 2.64. The van der Waals surface area contributed by atoms with Crippen LogP contribution in [0.3, 0.4) is 0 Å². The second kappa shape index (κ2) is 5.39. The zero-order chi connectivity index (χ0) is 16.7. The summed E-state index contributed by atoms with van der Waals surface area (Å²) in [5.74, 6) is -0.348. The van der Waals surface area contributed by atoms with E-state index in [1.54, 1.807) is 12.3 Å². The molecule has 0 saturated carbocycles. The SMILES string of the molecule is CCc1cccc2c1N=C/C2=C\c1c(O)n(C)c(=O)n(C)c1=O. The van der Waals surface area contributed by atoms with Crippen molar-refractivity contribution in [2.75, 3.05) is 0 Å². The molecule has 0 spiro atoms. The number of aromatic hydroxyl groups is 1. The van der Waals surface area contributed by atoms with E-state index in [1.807, 2.05) is 18.2 Å². The van der Waals surface area contributed by atoms with Gasteiger partial charge in [-0.15, -0.1) is 0 Å². The second-order valence-corrected chi connectivity index (χ2v) is 5.47. The molecule has 0 unspecified atom stereocenters. The molecule has 0 bridgehead atoms. The smallest absolute Gasteiger partial charge is 0.333 e. The number of rotatable bonds is 2. The van der Waals surface area contributed by atoms with Gasteiger partial charge in [-0.3, -0.25) is 18.9 Å². The fraction of sp³-hybridized carbons (Fsp3) is 0.235. The van der Waals surface area contributed by atoms with Crippen LogP contribution < -0.4 is 11.2 Å². The third kappa shape index (κ3) is 2.23. The molecule has 3 rings (SSSR count). The van der Waals surface area contributed by atoms with Crippen LogP contribution in [0.15, 0.2) is 32.8 Å². The molecule has 1 aromatic carbocycles. The lowest BCUT2D eigenvalue weighted by Gasteiger charge is -2.08. The molecule has 0 amide bonds. The summed E-state index contributed by atoms with van der Waals surface area (Å²) in [5, 5.41) is 10.2. The second-order valence-electron chi connectivity index (χ2n) is 5.47. The van der Waals surface area contributed by atoms with Crippen molar-refractivity contribution in [1.82, 2.24) is 9.13 Å². The van der Waals surface area contributed by atoms with Gasteiger partial charge in [0.15, 0.2) is 0 Å². The minimum atomic E-state index is -0.566. The van der Waals surface area contributed by atoms with Crippen molar-refractivity contribution in [3.63, 3.8) is 0 Å². The van der Waals surface area contributed by atoms with Crippen LogP contribution in [0.4, 0.5) is 5.69 Å². The standard InChI is InChI=1S/C17H17N3O3/c1-4-10-6-5-7-12-11(9-18-14(10)12)8-13-15(21)19(2)17(23)20(3)16(13)22/h5-9,21H,4H2,1-3H3/b11-8+. The van der Waals surface area contributed by atoms with Crippen molar-refractivity contribution in [2.24, 2.45) is 19.1 Å². The van der Waals surface area contributed by atoms with Crippen LogP contribution >= 0.6 is 0 Å². The van der Waals surface area contributed by atoms with Crippen molar-refractivity contribution in [1.29, 1.82) is 0 Å². The average molecular weight is 311 g/mol. The van der Waals surface area contributed by atoms with Gasteiger partial charge in [0.05, 0.1) is 5.69 Å². The summed E-state index contributed by atoms with van der Waals surface area (Å²) in [7, 11) is 2.81. The van der Waals surface area contributed by atoms with E-state index in [1.165, 1.54) is 14.1 Å². The summed E-state index contributed by atoms with van der Waals surface area (Å²) in [6.45, 7) is 2.06. The highest BCUT2D eigenvalue weighted by Gasteiger charge is 2.18. The topological polar surface area (TPSA) is 76.6 Å². The van der Waals surface area contributed by atoms with Crippen LogP contribution in [0.5, 0.6) is 5.88 Å². The van der Waals surface area contributed by atoms with Gasteiger partial charge in [-0.1, -0.05) is 25.1 Å². The van der Waals surface area contributed by atoms with Crippen LogP contribution in [-0.2, 0) is 20.5 Å². The molecule has 1 aliphatic heterocycles. The number of hydrogen-bond donors (Lipinski definition) is 1. The highest BCUT2D eigenvalue weighted by atomic mass is 16.3. The summed E-state index contributed by atoms with van der Waals surface area (Å²) in [6.07, 6.45) is 4.11. The normalized spacial score (nSPS) is 14.5. The van der Waals surface area contributed by atoms with Crippen LogP contribution in [0, 0.1) is 0 Å². The number of fused-ring (bicyclic) bond motifs is 1. The molecule has 1 aliphatic rings. The molecule has 1 N–H and O–H groups in total. The van der Waals surface area contributed by atoms with E-state index >= 15 is 0 Å². The Morgan fingerprint density at radius 1 is 1.22 bits per heavy atom. The zero-order valence-corrected chi connectivity index (χ0v) is 13.2. The lowest BCUT2D eigenvalue weighted by molar-refractivity contribution is 0.410. The molecule has 0 fully saturated rings. The molecule has 0 aliphatic carbocycles. The number of benzene rings is 1. The Balaban J connectivity index is 2.24. The number of aromatic nitrogens is 2. The van der Waals surface area contributed by atoms with Crippen LogP contribution in [0.25, 0.3) is 11.6 Å².